The van der Waals surface area contributed by atoms with Gasteiger partial charge in [-0.05, 0) is 86.1 Å². The topological polar surface area (TPSA) is 66.4 Å². The fraction of sp³-hybridized carbons (Fsp3) is 0.462. The first-order chi connectivity index (χ1) is 16.4. The molecular formula is C26H30F3NO5. The molecule has 0 amide bonds. The van der Waals surface area contributed by atoms with Crippen LogP contribution >= 0.6 is 0 Å². The first kappa shape index (κ1) is 26.4. The normalized spacial score (nSPS) is 19.6. The van der Waals surface area contributed by atoms with E-state index in [4.69, 9.17) is 19.0 Å². The molecule has 0 N–H and O–H groups in total. The maximum Gasteiger partial charge on any atom is 0.416 e. The highest BCUT2D eigenvalue weighted by Crippen LogP contribution is 2.37. The zero-order valence-corrected chi connectivity index (χ0v) is 20.2. The van der Waals surface area contributed by atoms with E-state index in [0.717, 1.165) is 37.1 Å². The van der Waals surface area contributed by atoms with E-state index in [2.05, 4.69) is 25.9 Å². The van der Waals surface area contributed by atoms with Crippen LogP contribution in [0.15, 0.2) is 53.7 Å². The molecular weight excluding hydrogens is 463 g/mol. The summed E-state index contributed by atoms with van der Waals surface area (Å²) >= 11 is 0. The van der Waals surface area contributed by atoms with Crippen molar-refractivity contribution in [1.29, 1.82) is 0 Å². The van der Waals surface area contributed by atoms with Crippen LogP contribution in [0.1, 0.15) is 52.5 Å². The van der Waals surface area contributed by atoms with Gasteiger partial charge >= 0.3 is 12.1 Å². The predicted octanol–water partition coefficient (Wildman–Crippen LogP) is 6.98. The number of rotatable bonds is 8. The molecule has 190 valence electrons. The van der Waals surface area contributed by atoms with Crippen molar-refractivity contribution in [2.45, 2.75) is 59.2 Å². The van der Waals surface area contributed by atoms with E-state index in [0.29, 0.717) is 17.4 Å². The lowest BCUT2D eigenvalue weighted by Gasteiger charge is -2.34. The number of benzene rings is 2. The second kappa shape index (κ2) is 11.0. The van der Waals surface area contributed by atoms with Gasteiger partial charge in [0.05, 0.1) is 11.3 Å². The van der Waals surface area contributed by atoms with Crippen molar-refractivity contribution in [1.82, 2.24) is 0 Å². The van der Waals surface area contributed by atoms with Crippen LogP contribution in [0, 0.1) is 11.3 Å². The van der Waals surface area contributed by atoms with Crippen LogP contribution in [0.4, 0.5) is 13.2 Å². The number of halogens is 3. The quantitative estimate of drug-likeness (QED) is 0.172. The number of carbonyl (C=O) groups excluding carboxylic acids is 1. The van der Waals surface area contributed by atoms with Crippen LogP contribution < -0.4 is 9.47 Å². The summed E-state index contributed by atoms with van der Waals surface area (Å²) in [6, 6.07) is 10.7. The number of carbonyl (C=O) groups is 1. The van der Waals surface area contributed by atoms with Gasteiger partial charge in [0.2, 0.25) is 0 Å². The van der Waals surface area contributed by atoms with Gasteiger partial charge in [0.15, 0.2) is 6.10 Å². The van der Waals surface area contributed by atoms with Crippen molar-refractivity contribution in [3.8, 4) is 17.2 Å². The van der Waals surface area contributed by atoms with Crippen LogP contribution in [0.2, 0.25) is 0 Å². The molecule has 0 bridgehead atoms. The fourth-order valence-electron chi connectivity index (χ4n) is 4.19. The smallest absolute Gasteiger partial charge is 0.416 e. The number of ether oxygens (including phenoxy) is 3. The predicted molar refractivity (Wildman–Crippen MR) is 124 cm³/mol. The minimum Gasteiger partial charge on any atom is -0.479 e. The fourth-order valence-corrected chi connectivity index (χ4v) is 4.19. The number of alkyl halides is 3. The van der Waals surface area contributed by atoms with Crippen LogP contribution in [0.25, 0.3) is 0 Å². The Hall–Kier alpha value is -3.23. The van der Waals surface area contributed by atoms with E-state index >= 15 is 0 Å². The molecule has 0 heterocycles. The Labute approximate surface area is 203 Å². The van der Waals surface area contributed by atoms with Crippen molar-refractivity contribution >= 4 is 11.7 Å². The van der Waals surface area contributed by atoms with E-state index in [1.54, 1.807) is 31.2 Å². The molecule has 0 aromatic heterocycles. The summed E-state index contributed by atoms with van der Waals surface area (Å²) in [6.07, 6.45) is -2.43. The maximum absolute atomic E-state index is 12.7. The molecule has 0 aliphatic heterocycles. The molecule has 0 saturated heterocycles. The third-order valence-corrected chi connectivity index (χ3v) is 5.50. The van der Waals surface area contributed by atoms with E-state index in [1.165, 1.54) is 12.1 Å². The Morgan fingerprint density at radius 3 is 2.20 bits per heavy atom. The number of esters is 1. The molecule has 6 nitrogen and oxygen atoms in total. The number of hydrogen-bond donors (Lipinski definition) is 0. The highest BCUT2D eigenvalue weighted by molar-refractivity contribution is 5.85. The van der Waals surface area contributed by atoms with E-state index in [1.807, 2.05) is 0 Å². The average Bonchev–Trinajstić information content (AvgIpc) is 2.76. The molecule has 35 heavy (non-hydrogen) atoms. The lowest BCUT2D eigenvalue weighted by molar-refractivity contribution is -0.163. The van der Waals surface area contributed by atoms with E-state index in [9.17, 15) is 18.0 Å². The molecule has 2 atom stereocenters. The van der Waals surface area contributed by atoms with Crippen molar-refractivity contribution < 1.29 is 37.0 Å². The second-order valence-corrected chi connectivity index (χ2v) is 9.58. The lowest BCUT2D eigenvalue weighted by atomic mass is 9.72. The van der Waals surface area contributed by atoms with Gasteiger partial charge in [0.1, 0.15) is 17.2 Å². The van der Waals surface area contributed by atoms with Gasteiger partial charge in [0, 0.05) is 0 Å². The molecule has 1 saturated carbocycles. The first-order valence-corrected chi connectivity index (χ1v) is 11.4. The molecule has 9 heteroatoms. The first-order valence-electron chi connectivity index (χ1n) is 11.4. The molecule has 1 aliphatic carbocycles. The molecule has 0 radical (unpaired) electrons. The third kappa shape index (κ3) is 8.19. The molecule has 2 unspecified atom stereocenters. The molecule has 2 aromatic rings. The van der Waals surface area contributed by atoms with Crippen LogP contribution in [-0.4, -0.2) is 24.6 Å². The van der Waals surface area contributed by atoms with Gasteiger partial charge in [-0.2, -0.15) is 13.2 Å². The summed E-state index contributed by atoms with van der Waals surface area (Å²) in [6.45, 7) is 7.83. The molecule has 2 aromatic carbocycles. The third-order valence-electron chi connectivity index (χ3n) is 5.50. The SMILES string of the molecule is CC1CC(=NOCOC(=O)C(C)Oc2ccc(Oc3ccc(C(F)(F)F)cc3)cc2)CC(C)(C)C1. The van der Waals surface area contributed by atoms with Crippen molar-refractivity contribution in [3.05, 3.63) is 54.1 Å². The van der Waals surface area contributed by atoms with Crippen molar-refractivity contribution in [2.24, 2.45) is 16.5 Å². The largest absolute Gasteiger partial charge is 0.479 e. The molecule has 1 fully saturated rings. The maximum atomic E-state index is 12.7. The molecule has 3 rings (SSSR count). The van der Waals surface area contributed by atoms with E-state index < -0.39 is 23.8 Å². The summed E-state index contributed by atoms with van der Waals surface area (Å²) < 4.78 is 54.2. The standard InChI is InChI=1S/C26H30F3NO5/c1-17-13-20(15-25(3,4)14-17)30-33-16-32-24(31)18(2)34-21-9-11-23(12-10-21)35-22-7-5-19(6-8-22)26(27,28)29/h5-12,17-18H,13-16H2,1-4H3. The van der Waals surface area contributed by atoms with Gasteiger partial charge in [-0.15, -0.1) is 0 Å². The van der Waals surface area contributed by atoms with Crippen LogP contribution in [-0.2, 0) is 20.5 Å². The lowest BCUT2D eigenvalue weighted by Crippen LogP contribution is -2.28. The minimum absolute atomic E-state index is 0.178. The second-order valence-electron chi connectivity index (χ2n) is 9.58. The van der Waals surface area contributed by atoms with Gasteiger partial charge in [0.25, 0.3) is 6.79 Å². The summed E-state index contributed by atoms with van der Waals surface area (Å²) in [7, 11) is 0. The monoisotopic (exact) mass is 493 g/mol. The Morgan fingerprint density at radius 1 is 1.06 bits per heavy atom. The van der Waals surface area contributed by atoms with Crippen molar-refractivity contribution in [2.75, 3.05) is 6.79 Å². The summed E-state index contributed by atoms with van der Waals surface area (Å²) in [4.78, 5) is 17.4. The highest BCUT2D eigenvalue weighted by Gasteiger charge is 2.30. The highest BCUT2D eigenvalue weighted by atomic mass is 19.4. The Kier molecular flexibility index (Phi) is 8.30. The summed E-state index contributed by atoms with van der Waals surface area (Å²) in [5, 5.41) is 4.13. The van der Waals surface area contributed by atoms with Gasteiger partial charge in [-0.25, -0.2) is 4.79 Å². The number of hydrogen-bond acceptors (Lipinski definition) is 6. The Morgan fingerprint density at radius 2 is 1.63 bits per heavy atom. The van der Waals surface area contributed by atoms with Gasteiger partial charge in [-0.1, -0.05) is 25.9 Å². The summed E-state index contributed by atoms with van der Waals surface area (Å²) in [5.41, 5.74) is 0.393. The average molecular weight is 494 g/mol. The zero-order valence-electron chi connectivity index (χ0n) is 20.2. The summed E-state index contributed by atoms with van der Waals surface area (Å²) in [5.74, 6) is 0.990. The molecule has 0 spiro atoms. The number of oxime groups is 1. The number of nitrogens with zero attached hydrogens (tertiary/aromatic N) is 1. The van der Waals surface area contributed by atoms with Crippen LogP contribution in [0.3, 0.4) is 0 Å². The Bertz CT molecular complexity index is 1020. The van der Waals surface area contributed by atoms with Gasteiger partial charge < -0.3 is 19.0 Å². The minimum atomic E-state index is -4.40. The Balaban J connectivity index is 1.43. The van der Waals surface area contributed by atoms with E-state index in [-0.39, 0.29) is 18.0 Å². The zero-order chi connectivity index (χ0) is 25.6. The van der Waals surface area contributed by atoms with Crippen LogP contribution in [0.5, 0.6) is 17.2 Å². The molecule has 1 aliphatic rings. The van der Waals surface area contributed by atoms with Crippen molar-refractivity contribution in [3.63, 3.8) is 0 Å². The van der Waals surface area contributed by atoms with Gasteiger partial charge in [-0.3, -0.25) is 0 Å².